The molecular weight excluding hydrogens is 207 g/mol. The molecule has 0 radical (unpaired) electrons. The van der Waals surface area contributed by atoms with Gasteiger partial charge in [-0.2, -0.15) is 0 Å². The molecule has 1 heterocycles. The molecule has 1 rings (SSSR count). The van der Waals surface area contributed by atoms with Crippen LogP contribution < -0.4 is 5.32 Å². The zero-order chi connectivity index (χ0) is 9.68. The van der Waals surface area contributed by atoms with Crippen LogP contribution in [0.1, 0.15) is 12.5 Å². The van der Waals surface area contributed by atoms with Gasteiger partial charge in [0.1, 0.15) is 0 Å². The van der Waals surface area contributed by atoms with E-state index in [1.54, 1.807) is 12.4 Å². The Morgan fingerprint density at radius 3 is 3.00 bits per heavy atom. The third-order valence-corrected chi connectivity index (χ3v) is 2.09. The van der Waals surface area contributed by atoms with E-state index in [-0.39, 0.29) is 5.38 Å². The Morgan fingerprint density at radius 2 is 2.38 bits per heavy atom. The van der Waals surface area contributed by atoms with E-state index in [1.165, 1.54) is 0 Å². The van der Waals surface area contributed by atoms with Crippen molar-refractivity contribution in [3.8, 4) is 0 Å². The molecule has 0 fully saturated rings. The summed E-state index contributed by atoms with van der Waals surface area (Å²) in [7, 11) is 0. The van der Waals surface area contributed by atoms with Crippen LogP contribution in [0.25, 0.3) is 0 Å². The lowest BCUT2D eigenvalue weighted by Crippen LogP contribution is -2.20. The van der Waals surface area contributed by atoms with Crippen molar-refractivity contribution in [3.63, 3.8) is 0 Å². The predicted molar refractivity (Wildman–Crippen MR) is 56.3 cm³/mol. The highest BCUT2D eigenvalue weighted by atomic mass is 35.5. The Balaban J connectivity index is 2.41. The summed E-state index contributed by atoms with van der Waals surface area (Å²) in [6.07, 6.45) is 3.37. The Labute approximate surface area is 88.3 Å². The van der Waals surface area contributed by atoms with Crippen molar-refractivity contribution in [2.24, 2.45) is 0 Å². The first kappa shape index (κ1) is 10.8. The normalized spacial score (nSPS) is 12.8. The number of nitrogens with one attached hydrogen (secondary N) is 1. The topological polar surface area (TPSA) is 24.9 Å². The number of hydrogen-bond donors (Lipinski definition) is 1. The maximum absolute atomic E-state index is 5.90. The minimum absolute atomic E-state index is 0.139. The summed E-state index contributed by atoms with van der Waals surface area (Å²) in [5, 5.41) is 4.03. The first-order valence-electron chi connectivity index (χ1n) is 4.13. The minimum Gasteiger partial charge on any atom is -0.311 e. The molecule has 0 aromatic carbocycles. The average molecular weight is 219 g/mol. The van der Waals surface area contributed by atoms with E-state index < -0.39 is 0 Å². The summed E-state index contributed by atoms with van der Waals surface area (Å²) >= 11 is 11.7. The highest BCUT2D eigenvalue weighted by molar-refractivity contribution is 6.31. The minimum atomic E-state index is 0.139. The summed E-state index contributed by atoms with van der Waals surface area (Å²) in [5.41, 5.74) is 1.05. The molecule has 0 saturated carbocycles. The van der Waals surface area contributed by atoms with E-state index in [0.29, 0.717) is 5.02 Å². The van der Waals surface area contributed by atoms with Crippen LogP contribution in [0.5, 0.6) is 0 Å². The van der Waals surface area contributed by atoms with Gasteiger partial charge in [-0.3, -0.25) is 4.98 Å². The number of aromatic nitrogens is 1. The van der Waals surface area contributed by atoms with Crippen molar-refractivity contribution in [2.45, 2.75) is 18.8 Å². The highest BCUT2D eigenvalue weighted by Crippen LogP contribution is 2.12. The largest absolute Gasteiger partial charge is 0.311 e. The molecule has 1 aromatic heterocycles. The molecule has 1 aromatic rings. The lowest BCUT2D eigenvalue weighted by molar-refractivity contribution is 0.679. The number of nitrogens with zero attached hydrogens (tertiary/aromatic N) is 1. The lowest BCUT2D eigenvalue weighted by Gasteiger charge is -2.06. The van der Waals surface area contributed by atoms with Crippen molar-refractivity contribution in [2.75, 3.05) is 6.54 Å². The summed E-state index contributed by atoms with van der Waals surface area (Å²) in [4.78, 5) is 3.90. The molecule has 1 unspecified atom stereocenters. The number of halogens is 2. The van der Waals surface area contributed by atoms with Crippen LogP contribution in [0.15, 0.2) is 18.5 Å². The SMILES string of the molecule is CC(Cl)CNCc1ccncc1Cl. The van der Waals surface area contributed by atoms with Gasteiger partial charge in [-0.25, -0.2) is 0 Å². The zero-order valence-electron chi connectivity index (χ0n) is 7.43. The van der Waals surface area contributed by atoms with Crippen LogP contribution in [0.4, 0.5) is 0 Å². The van der Waals surface area contributed by atoms with E-state index in [1.807, 2.05) is 13.0 Å². The molecule has 4 heteroatoms. The molecule has 0 bridgehead atoms. The molecular formula is C9H12Cl2N2. The van der Waals surface area contributed by atoms with Gasteiger partial charge in [-0.1, -0.05) is 11.6 Å². The Morgan fingerprint density at radius 1 is 1.62 bits per heavy atom. The van der Waals surface area contributed by atoms with Gasteiger partial charge in [0.2, 0.25) is 0 Å². The Bertz CT molecular complexity index is 264. The Hall–Kier alpha value is -0.310. The molecule has 1 atom stereocenters. The summed E-state index contributed by atoms with van der Waals surface area (Å²) in [6, 6.07) is 1.90. The molecule has 1 N–H and O–H groups in total. The van der Waals surface area contributed by atoms with E-state index in [0.717, 1.165) is 18.7 Å². The van der Waals surface area contributed by atoms with Crippen molar-refractivity contribution in [1.82, 2.24) is 10.3 Å². The second kappa shape index (κ2) is 5.43. The Kier molecular flexibility index (Phi) is 4.50. The first-order valence-corrected chi connectivity index (χ1v) is 4.94. The van der Waals surface area contributed by atoms with Crippen molar-refractivity contribution < 1.29 is 0 Å². The monoisotopic (exact) mass is 218 g/mol. The van der Waals surface area contributed by atoms with Gasteiger partial charge in [-0.15, -0.1) is 11.6 Å². The van der Waals surface area contributed by atoms with E-state index in [4.69, 9.17) is 23.2 Å². The van der Waals surface area contributed by atoms with Crippen molar-refractivity contribution in [3.05, 3.63) is 29.0 Å². The van der Waals surface area contributed by atoms with Gasteiger partial charge in [0.25, 0.3) is 0 Å². The van der Waals surface area contributed by atoms with Gasteiger partial charge in [0.05, 0.1) is 5.02 Å². The molecule has 72 valence electrons. The summed E-state index contributed by atoms with van der Waals surface area (Å²) in [5.74, 6) is 0. The fraction of sp³-hybridized carbons (Fsp3) is 0.444. The highest BCUT2D eigenvalue weighted by Gasteiger charge is 1.99. The van der Waals surface area contributed by atoms with Gasteiger partial charge < -0.3 is 5.32 Å². The van der Waals surface area contributed by atoms with Gasteiger partial charge in [0.15, 0.2) is 0 Å². The maximum atomic E-state index is 5.90. The number of pyridine rings is 1. The summed E-state index contributed by atoms with van der Waals surface area (Å²) < 4.78 is 0. The molecule has 0 saturated heterocycles. The molecule has 0 aliphatic carbocycles. The number of hydrogen-bond acceptors (Lipinski definition) is 2. The molecule has 0 spiro atoms. The van der Waals surface area contributed by atoms with E-state index in [9.17, 15) is 0 Å². The first-order chi connectivity index (χ1) is 6.20. The van der Waals surface area contributed by atoms with Crippen LogP contribution in [-0.4, -0.2) is 16.9 Å². The third-order valence-electron chi connectivity index (χ3n) is 1.60. The second-order valence-corrected chi connectivity index (χ2v) is 4.03. The fourth-order valence-corrected chi connectivity index (χ4v) is 1.25. The zero-order valence-corrected chi connectivity index (χ0v) is 8.94. The fourth-order valence-electron chi connectivity index (χ4n) is 0.953. The predicted octanol–water partition coefficient (Wildman–Crippen LogP) is 2.45. The second-order valence-electron chi connectivity index (χ2n) is 2.88. The molecule has 0 aliphatic heterocycles. The van der Waals surface area contributed by atoms with Crippen LogP contribution in [0.2, 0.25) is 5.02 Å². The lowest BCUT2D eigenvalue weighted by atomic mass is 10.2. The number of alkyl halides is 1. The van der Waals surface area contributed by atoms with Crippen molar-refractivity contribution in [1.29, 1.82) is 0 Å². The van der Waals surface area contributed by atoms with Gasteiger partial charge in [0, 0.05) is 30.9 Å². The average Bonchev–Trinajstić information content (AvgIpc) is 2.08. The quantitative estimate of drug-likeness (QED) is 0.786. The van der Waals surface area contributed by atoms with Gasteiger partial charge >= 0.3 is 0 Å². The molecule has 0 amide bonds. The van der Waals surface area contributed by atoms with Gasteiger partial charge in [-0.05, 0) is 18.6 Å². The van der Waals surface area contributed by atoms with Crippen molar-refractivity contribution >= 4 is 23.2 Å². The van der Waals surface area contributed by atoms with E-state index in [2.05, 4.69) is 10.3 Å². The van der Waals surface area contributed by atoms with Crippen LogP contribution in [0, 0.1) is 0 Å². The molecule has 2 nitrogen and oxygen atoms in total. The van der Waals surface area contributed by atoms with Crippen LogP contribution in [0.3, 0.4) is 0 Å². The standard InChI is InChI=1S/C9H12Cl2N2/c1-7(10)4-13-5-8-2-3-12-6-9(8)11/h2-3,6-7,13H,4-5H2,1H3. The van der Waals surface area contributed by atoms with Crippen LogP contribution >= 0.6 is 23.2 Å². The van der Waals surface area contributed by atoms with Crippen LogP contribution in [-0.2, 0) is 6.54 Å². The third kappa shape index (κ3) is 3.94. The molecule has 0 aliphatic rings. The van der Waals surface area contributed by atoms with E-state index >= 15 is 0 Å². The summed E-state index contributed by atoms with van der Waals surface area (Å²) in [6.45, 7) is 3.46. The smallest absolute Gasteiger partial charge is 0.0634 e. The number of rotatable bonds is 4. The molecule has 13 heavy (non-hydrogen) atoms. The maximum Gasteiger partial charge on any atom is 0.0634 e.